The zero-order chi connectivity index (χ0) is 20.4. The van der Waals surface area contributed by atoms with Crippen LogP contribution in [-0.4, -0.2) is 39.2 Å². The second kappa shape index (κ2) is 8.10. The number of hydroxylamine groups is 1. The average Bonchev–Trinajstić information content (AvgIpc) is 3.46. The minimum atomic E-state index is -1.02. The van der Waals surface area contributed by atoms with Crippen LogP contribution in [0.2, 0.25) is 0 Å². The van der Waals surface area contributed by atoms with Gasteiger partial charge in [0.15, 0.2) is 11.6 Å². The molecule has 1 saturated heterocycles. The maximum Gasteiger partial charge on any atom is 0.293 e. The first-order valence-corrected chi connectivity index (χ1v) is 9.10. The van der Waals surface area contributed by atoms with Gasteiger partial charge in [-0.25, -0.2) is 14.3 Å². The molecule has 1 aromatic carbocycles. The number of amides is 1. The van der Waals surface area contributed by atoms with Crippen LogP contribution in [0.15, 0.2) is 33.2 Å². The van der Waals surface area contributed by atoms with E-state index in [9.17, 15) is 13.6 Å². The van der Waals surface area contributed by atoms with Gasteiger partial charge in [-0.05, 0) is 50.2 Å². The number of nitrogens with one attached hydrogen (secondary N) is 1. The first kappa shape index (κ1) is 19.2. The van der Waals surface area contributed by atoms with E-state index in [4.69, 9.17) is 14.1 Å². The van der Waals surface area contributed by atoms with Crippen molar-refractivity contribution in [3.05, 3.63) is 58.6 Å². The summed E-state index contributed by atoms with van der Waals surface area (Å²) in [5, 5.41) is 12.3. The Labute approximate surface area is 164 Å². The van der Waals surface area contributed by atoms with E-state index in [1.807, 2.05) is 6.07 Å². The molecule has 0 unspecified atom stereocenters. The van der Waals surface area contributed by atoms with Crippen molar-refractivity contribution in [2.24, 2.45) is 0 Å². The van der Waals surface area contributed by atoms with E-state index in [2.05, 4.69) is 15.0 Å². The minimum absolute atomic E-state index is 0.0645. The van der Waals surface area contributed by atoms with E-state index in [1.165, 1.54) is 18.3 Å². The largest absolute Gasteiger partial charge is 0.455 e. The Hall–Kier alpha value is -3.11. The summed E-state index contributed by atoms with van der Waals surface area (Å²) in [6.45, 7) is 2.78. The number of hydrogen-bond acceptors (Lipinski definition) is 7. The maximum atomic E-state index is 14.2. The zero-order valence-electron chi connectivity index (χ0n) is 15.3. The molecule has 1 aliphatic rings. The molecule has 2 N–H and O–H groups in total. The summed E-state index contributed by atoms with van der Waals surface area (Å²) in [5.74, 6) is -1.59. The molecule has 152 valence electrons. The fourth-order valence-corrected chi connectivity index (χ4v) is 3.29. The molecule has 0 bridgehead atoms. The van der Waals surface area contributed by atoms with Crippen LogP contribution >= 0.6 is 0 Å². The molecule has 0 aliphatic carbocycles. The SMILES string of the molecule is O=C(NO)c1cc(F)c(Cc2noc(-c3ccc(CN4CCCC4)o3)n2)c(F)c1. The van der Waals surface area contributed by atoms with Gasteiger partial charge in [0.05, 0.1) is 6.54 Å². The Balaban J connectivity index is 1.48. The molecule has 0 atom stereocenters. The van der Waals surface area contributed by atoms with Gasteiger partial charge in [0.1, 0.15) is 17.4 Å². The molecule has 29 heavy (non-hydrogen) atoms. The summed E-state index contributed by atoms with van der Waals surface area (Å²) in [7, 11) is 0. The highest BCUT2D eigenvalue weighted by atomic mass is 19.1. The lowest BCUT2D eigenvalue weighted by Gasteiger charge is -2.11. The monoisotopic (exact) mass is 404 g/mol. The number of rotatable bonds is 6. The summed E-state index contributed by atoms with van der Waals surface area (Å²) < 4.78 is 39.3. The Morgan fingerprint density at radius 1 is 1.21 bits per heavy atom. The highest BCUT2D eigenvalue weighted by molar-refractivity contribution is 5.93. The van der Waals surface area contributed by atoms with Gasteiger partial charge >= 0.3 is 0 Å². The molecule has 8 nitrogen and oxygen atoms in total. The molecule has 2 aromatic heterocycles. The van der Waals surface area contributed by atoms with Crippen molar-refractivity contribution in [1.82, 2.24) is 20.5 Å². The van der Waals surface area contributed by atoms with Gasteiger partial charge < -0.3 is 8.94 Å². The molecule has 0 radical (unpaired) electrons. The molecule has 1 aliphatic heterocycles. The van der Waals surface area contributed by atoms with Crippen LogP contribution in [0, 0.1) is 11.6 Å². The van der Waals surface area contributed by atoms with E-state index in [1.54, 1.807) is 6.07 Å². The number of hydrogen-bond donors (Lipinski definition) is 2. The lowest BCUT2D eigenvalue weighted by molar-refractivity contribution is 0.0705. The first-order valence-electron chi connectivity index (χ1n) is 9.10. The summed E-state index contributed by atoms with van der Waals surface area (Å²) in [5.41, 5.74) is 0.661. The number of likely N-dealkylation sites (tertiary alicyclic amines) is 1. The minimum Gasteiger partial charge on any atom is -0.455 e. The van der Waals surface area contributed by atoms with Crippen LogP contribution in [0.1, 0.15) is 40.3 Å². The molecule has 0 saturated carbocycles. The summed E-state index contributed by atoms with van der Waals surface area (Å²) in [4.78, 5) is 17.7. The summed E-state index contributed by atoms with van der Waals surface area (Å²) >= 11 is 0. The molecule has 3 aromatic rings. The van der Waals surface area contributed by atoms with Crippen molar-refractivity contribution < 1.29 is 27.7 Å². The third-order valence-electron chi connectivity index (χ3n) is 4.76. The van der Waals surface area contributed by atoms with E-state index >= 15 is 0 Å². The summed E-state index contributed by atoms with van der Waals surface area (Å²) in [6.07, 6.45) is 2.09. The van der Waals surface area contributed by atoms with E-state index in [0.717, 1.165) is 31.0 Å². The van der Waals surface area contributed by atoms with Crippen molar-refractivity contribution in [2.75, 3.05) is 13.1 Å². The van der Waals surface area contributed by atoms with Gasteiger partial charge in [-0.15, -0.1) is 0 Å². The number of aromatic nitrogens is 2. The van der Waals surface area contributed by atoms with Crippen LogP contribution in [0.4, 0.5) is 8.78 Å². The molecule has 0 spiro atoms. The predicted molar refractivity (Wildman–Crippen MR) is 94.9 cm³/mol. The van der Waals surface area contributed by atoms with Crippen molar-refractivity contribution >= 4 is 5.91 Å². The number of halogens is 2. The van der Waals surface area contributed by atoms with Crippen LogP contribution in [0.25, 0.3) is 11.7 Å². The van der Waals surface area contributed by atoms with Crippen LogP contribution < -0.4 is 5.48 Å². The fraction of sp³-hybridized carbons (Fsp3) is 0.316. The van der Waals surface area contributed by atoms with Crippen LogP contribution in [0.3, 0.4) is 0 Å². The smallest absolute Gasteiger partial charge is 0.293 e. The van der Waals surface area contributed by atoms with Crippen LogP contribution in [0.5, 0.6) is 0 Å². The normalized spacial score (nSPS) is 14.4. The highest BCUT2D eigenvalue weighted by Gasteiger charge is 2.20. The van der Waals surface area contributed by atoms with Gasteiger partial charge in [-0.3, -0.25) is 14.9 Å². The number of carbonyl (C=O) groups is 1. The number of carbonyl (C=O) groups excluding carboxylic acids is 1. The predicted octanol–water partition coefficient (Wildman–Crippen LogP) is 2.91. The lowest BCUT2D eigenvalue weighted by Crippen LogP contribution is -2.19. The molecule has 1 fully saturated rings. The topological polar surface area (TPSA) is 105 Å². The Morgan fingerprint density at radius 2 is 1.93 bits per heavy atom. The Kier molecular flexibility index (Phi) is 5.36. The third-order valence-corrected chi connectivity index (χ3v) is 4.76. The Bertz CT molecular complexity index is 1000. The molecular formula is C19H18F2N4O4. The quantitative estimate of drug-likeness (QED) is 0.481. The standard InChI is InChI=1S/C19H18F2N4O4/c20-14-7-11(18(26)23-27)8-15(21)13(14)9-17-22-19(29-24-17)16-4-3-12(28-16)10-25-5-1-2-6-25/h3-4,7-8,27H,1-2,5-6,9-10H2,(H,23,26). The second-order valence-corrected chi connectivity index (χ2v) is 6.80. The van der Waals surface area contributed by atoms with E-state index in [0.29, 0.717) is 12.3 Å². The van der Waals surface area contributed by atoms with E-state index in [-0.39, 0.29) is 29.3 Å². The molecule has 1 amide bonds. The maximum absolute atomic E-state index is 14.2. The molecule has 3 heterocycles. The summed E-state index contributed by atoms with van der Waals surface area (Å²) in [6, 6.07) is 5.19. The third kappa shape index (κ3) is 4.17. The van der Waals surface area contributed by atoms with Gasteiger partial charge in [0, 0.05) is 17.5 Å². The van der Waals surface area contributed by atoms with Crippen LogP contribution in [-0.2, 0) is 13.0 Å². The number of furan rings is 1. The molecule has 10 heteroatoms. The van der Waals surface area contributed by atoms with Crippen molar-refractivity contribution in [3.63, 3.8) is 0 Å². The lowest BCUT2D eigenvalue weighted by atomic mass is 10.1. The fourth-order valence-electron chi connectivity index (χ4n) is 3.29. The molecular weight excluding hydrogens is 386 g/mol. The van der Waals surface area contributed by atoms with Gasteiger partial charge in [-0.1, -0.05) is 5.16 Å². The molecule has 4 rings (SSSR count). The zero-order valence-corrected chi connectivity index (χ0v) is 15.3. The number of benzene rings is 1. The van der Waals surface area contributed by atoms with Gasteiger partial charge in [-0.2, -0.15) is 4.98 Å². The first-order chi connectivity index (χ1) is 14.0. The van der Waals surface area contributed by atoms with E-state index < -0.39 is 17.5 Å². The van der Waals surface area contributed by atoms with Gasteiger partial charge in [0.2, 0.25) is 0 Å². The second-order valence-electron chi connectivity index (χ2n) is 6.80. The number of nitrogens with zero attached hydrogens (tertiary/aromatic N) is 3. The highest BCUT2D eigenvalue weighted by Crippen LogP contribution is 2.24. The van der Waals surface area contributed by atoms with Gasteiger partial charge in [0.25, 0.3) is 11.8 Å². The van der Waals surface area contributed by atoms with Crippen molar-refractivity contribution in [2.45, 2.75) is 25.8 Å². The average molecular weight is 404 g/mol. The Morgan fingerprint density at radius 3 is 2.62 bits per heavy atom. The van der Waals surface area contributed by atoms with Crippen molar-refractivity contribution in [1.29, 1.82) is 0 Å². The van der Waals surface area contributed by atoms with Crippen molar-refractivity contribution in [3.8, 4) is 11.7 Å².